The van der Waals surface area contributed by atoms with E-state index in [9.17, 15) is 4.79 Å². The predicted molar refractivity (Wildman–Crippen MR) is 145 cm³/mol. The normalized spacial score (nSPS) is 11.2. The van der Waals surface area contributed by atoms with Crippen LogP contribution in [0.4, 0.5) is 17.1 Å². The van der Waals surface area contributed by atoms with Gasteiger partial charge < -0.3 is 16.8 Å². The number of unbranched alkanes of at least 4 members (excludes halogenated alkanes) is 4. The lowest BCUT2D eigenvalue weighted by molar-refractivity contribution is 0.102. The lowest BCUT2D eigenvalue weighted by Crippen LogP contribution is -2.21. The summed E-state index contributed by atoms with van der Waals surface area (Å²) in [4.78, 5) is 13.6. The van der Waals surface area contributed by atoms with Gasteiger partial charge in [0.15, 0.2) is 0 Å². The number of hydrogen-bond donors (Lipinski definition) is 3. The third-order valence-corrected chi connectivity index (χ3v) is 7.56. The van der Waals surface area contributed by atoms with Crippen molar-refractivity contribution in [3.63, 3.8) is 0 Å². The van der Waals surface area contributed by atoms with Crippen LogP contribution >= 0.6 is 0 Å². The van der Waals surface area contributed by atoms with Crippen molar-refractivity contribution in [3.05, 3.63) is 50.1 Å². The average Bonchev–Trinajstić information content (AvgIpc) is 2.78. The van der Waals surface area contributed by atoms with Crippen molar-refractivity contribution in [1.29, 1.82) is 0 Å². The van der Waals surface area contributed by atoms with Crippen molar-refractivity contribution in [1.82, 2.24) is 0 Å². The highest BCUT2D eigenvalue weighted by molar-refractivity contribution is 6.11. The number of benzene rings is 2. The van der Waals surface area contributed by atoms with E-state index in [4.69, 9.17) is 11.5 Å². The minimum atomic E-state index is -0.164. The smallest absolute Gasteiger partial charge is 0.258 e. The van der Waals surface area contributed by atoms with Crippen LogP contribution in [0.2, 0.25) is 0 Å². The Hall–Kier alpha value is -2.49. The van der Waals surface area contributed by atoms with Crippen LogP contribution in [0.25, 0.3) is 0 Å². The molecule has 0 heterocycles. The Labute approximate surface area is 201 Å². The molecule has 2 rings (SSSR count). The van der Waals surface area contributed by atoms with Gasteiger partial charge in [0.25, 0.3) is 5.91 Å². The highest BCUT2D eigenvalue weighted by Gasteiger charge is 2.23. The van der Waals surface area contributed by atoms with Crippen LogP contribution in [0.3, 0.4) is 0 Å². The summed E-state index contributed by atoms with van der Waals surface area (Å²) in [6.45, 7) is 16.9. The Kier molecular flexibility index (Phi) is 9.39. The van der Waals surface area contributed by atoms with Crippen LogP contribution < -0.4 is 16.8 Å². The van der Waals surface area contributed by atoms with E-state index in [-0.39, 0.29) is 5.91 Å². The Bertz CT molecular complexity index is 1020. The van der Waals surface area contributed by atoms with E-state index in [1.54, 1.807) is 0 Å². The van der Waals surface area contributed by atoms with Crippen molar-refractivity contribution in [3.8, 4) is 0 Å². The van der Waals surface area contributed by atoms with Gasteiger partial charge in [-0.1, -0.05) is 39.5 Å². The molecule has 0 saturated carbocycles. The van der Waals surface area contributed by atoms with Gasteiger partial charge in [-0.2, -0.15) is 0 Å². The van der Waals surface area contributed by atoms with Gasteiger partial charge in [0.1, 0.15) is 0 Å². The molecule has 0 aromatic heterocycles. The summed E-state index contributed by atoms with van der Waals surface area (Å²) in [5.41, 5.74) is 24.7. The first-order valence-electron chi connectivity index (χ1n) is 12.7. The number of carbonyl (C=O) groups excluding carboxylic acids is 1. The van der Waals surface area contributed by atoms with Gasteiger partial charge in [0.05, 0.1) is 16.9 Å². The second-order valence-corrected chi connectivity index (χ2v) is 9.65. The lowest BCUT2D eigenvalue weighted by Gasteiger charge is -2.23. The molecule has 0 aliphatic rings. The molecule has 4 nitrogen and oxygen atoms in total. The van der Waals surface area contributed by atoms with Crippen molar-refractivity contribution in [2.75, 3.05) is 16.8 Å². The Balaban J connectivity index is 2.52. The van der Waals surface area contributed by atoms with Gasteiger partial charge in [0, 0.05) is 5.69 Å². The molecule has 0 unspecified atom stereocenters. The predicted octanol–water partition coefficient (Wildman–Crippen LogP) is 7.42. The SMILES string of the molecule is CCCCCc1c(C)c(C)c(N)c(NC(=O)c2c(C)c(CCCCC)c(C)c(C)c2N)c1C. The van der Waals surface area contributed by atoms with Crippen molar-refractivity contribution < 1.29 is 4.79 Å². The summed E-state index contributed by atoms with van der Waals surface area (Å²) >= 11 is 0. The fraction of sp³-hybridized carbons (Fsp3) is 0.552. The molecule has 2 aromatic carbocycles. The lowest BCUT2D eigenvalue weighted by atomic mass is 9.88. The molecule has 0 radical (unpaired) electrons. The summed E-state index contributed by atoms with van der Waals surface area (Å²) in [5, 5.41) is 3.17. The molecule has 0 bridgehead atoms. The molecule has 182 valence electrons. The number of rotatable bonds is 10. The first kappa shape index (κ1) is 26.8. The van der Waals surface area contributed by atoms with E-state index in [1.165, 1.54) is 47.9 Å². The second-order valence-electron chi connectivity index (χ2n) is 9.65. The van der Waals surface area contributed by atoms with Crippen LogP contribution in [0.5, 0.6) is 0 Å². The summed E-state index contributed by atoms with van der Waals surface area (Å²) in [5.74, 6) is -0.164. The van der Waals surface area contributed by atoms with Crippen LogP contribution in [0, 0.1) is 41.5 Å². The van der Waals surface area contributed by atoms with Crippen molar-refractivity contribution in [2.24, 2.45) is 0 Å². The summed E-state index contributed by atoms with van der Waals surface area (Å²) < 4.78 is 0. The quantitative estimate of drug-likeness (QED) is 0.260. The standard InChI is InChI=1S/C29H45N3O/c1-9-11-13-15-23-17(3)19(5)26(30)25(21(23)7)29(33)32-28-22(8)24(16-14-12-10-2)18(4)20(6)27(28)31/h9-16,30-31H2,1-8H3,(H,32,33). The molecule has 2 aromatic rings. The number of nitrogen functional groups attached to an aromatic ring is 2. The highest BCUT2D eigenvalue weighted by atomic mass is 16.1. The Morgan fingerprint density at radius 3 is 1.58 bits per heavy atom. The van der Waals surface area contributed by atoms with Gasteiger partial charge in [-0.15, -0.1) is 0 Å². The minimum Gasteiger partial charge on any atom is -0.398 e. The van der Waals surface area contributed by atoms with Gasteiger partial charge >= 0.3 is 0 Å². The van der Waals surface area contributed by atoms with Gasteiger partial charge in [0.2, 0.25) is 0 Å². The zero-order valence-electron chi connectivity index (χ0n) is 22.2. The first-order valence-corrected chi connectivity index (χ1v) is 12.7. The molecule has 1 amide bonds. The molecule has 0 spiro atoms. The van der Waals surface area contributed by atoms with E-state index in [0.717, 1.165) is 53.6 Å². The molecule has 0 atom stereocenters. The molecule has 33 heavy (non-hydrogen) atoms. The number of amides is 1. The summed E-state index contributed by atoms with van der Waals surface area (Å²) in [6.07, 6.45) is 8.96. The van der Waals surface area contributed by atoms with Gasteiger partial charge in [-0.3, -0.25) is 4.79 Å². The van der Waals surface area contributed by atoms with Crippen molar-refractivity contribution in [2.45, 2.75) is 107 Å². The Morgan fingerprint density at radius 2 is 1.09 bits per heavy atom. The topological polar surface area (TPSA) is 81.1 Å². The molecular formula is C29H45N3O. The Morgan fingerprint density at radius 1 is 0.636 bits per heavy atom. The molecule has 0 aliphatic heterocycles. The molecule has 0 fully saturated rings. The van der Waals surface area contributed by atoms with E-state index >= 15 is 0 Å². The molecule has 4 heteroatoms. The monoisotopic (exact) mass is 451 g/mol. The van der Waals surface area contributed by atoms with Crippen LogP contribution in [-0.2, 0) is 12.8 Å². The van der Waals surface area contributed by atoms with E-state index in [0.29, 0.717) is 16.9 Å². The van der Waals surface area contributed by atoms with Crippen molar-refractivity contribution >= 4 is 23.0 Å². The third kappa shape index (κ3) is 5.54. The number of hydrogen-bond acceptors (Lipinski definition) is 3. The number of nitrogens with two attached hydrogens (primary N) is 2. The average molecular weight is 452 g/mol. The first-order chi connectivity index (χ1) is 15.6. The maximum Gasteiger partial charge on any atom is 0.258 e. The zero-order chi connectivity index (χ0) is 24.9. The fourth-order valence-electron chi connectivity index (χ4n) is 4.98. The fourth-order valence-corrected chi connectivity index (χ4v) is 4.98. The van der Waals surface area contributed by atoms with E-state index in [2.05, 4.69) is 39.9 Å². The second kappa shape index (κ2) is 11.6. The van der Waals surface area contributed by atoms with Gasteiger partial charge in [-0.05, 0) is 112 Å². The molecule has 0 aliphatic carbocycles. The van der Waals surface area contributed by atoms with E-state index in [1.807, 2.05) is 20.8 Å². The number of anilines is 3. The molecule has 0 saturated heterocycles. The number of carbonyl (C=O) groups is 1. The third-order valence-electron chi connectivity index (χ3n) is 7.56. The minimum absolute atomic E-state index is 0.164. The van der Waals surface area contributed by atoms with Gasteiger partial charge in [-0.25, -0.2) is 0 Å². The molecular weight excluding hydrogens is 406 g/mol. The van der Waals surface area contributed by atoms with Crippen LogP contribution in [0.15, 0.2) is 0 Å². The highest BCUT2D eigenvalue weighted by Crippen LogP contribution is 2.36. The van der Waals surface area contributed by atoms with E-state index < -0.39 is 0 Å². The van der Waals surface area contributed by atoms with Crippen LogP contribution in [0.1, 0.15) is 107 Å². The maximum absolute atomic E-state index is 13.6. The number of nitrogens with one attached hydrogen (secondary N) is 1. The summed E-state index contributed by atoms with van der Waals surface area (Å²) in [6, 6.07) is 0. The maximum atomic E-state index is 13.6. The zero-order valence-corrected chi connectivity index (χ0v) is 22.2. The largest absolute Gasteiger partial charge is 0.398 e. The molecule has 5 N–H and O–H groups in total. The van der Waals surface area contributed by atoms with Crippen LogP contribution in [-0.4, -0.2) is 5.91 Å². The summed E-state index contributed by atoms with van der Waals surface area (Å²) in [7, 11) is 0.